The summed E-state index contributed by atoms with van der Waals surface area (Å²) in [7, 11) is -0.803. The Morgan fingerprint density at radius 2 is 2.38 bits per heavy atom. The summed E-state index contributed by atoms with van der Waals surface area (Å²) in [6, 6.07) is -0.659. The fourth-order valence-electron chi connectivity index (χ4n) is 0.140. The molecule has 0 aromatic carbocycles. The minimum atomic E-state index is -2.18. The van der Waals surface area contributed by atoms with E-state index in [-0.39, 0.29) is 0 Å². The topological polar surface area (TPSA) is 84.6 Å². The van der Waals surface area contributed by atoms with E-state index in [0.29, 0.717) is 0 Å². The predicted octanol–water partition coefficient (Wildman–Crippen LogP) is -2.22. The highest BCUT2D eigenvalue weighted by atomic mass is 32.2. The van der Waals surface area contributed by atoms with Gasteiger partial charge in [0.2, 0.25) is 7.98 Å². The lowest BCUT2D eigenvalue weighted by Crippen LogP contribution is -2.15. The highest BCUT2D eigenvalue weighted by molar-refractivity contribution is 7.72. The van der Waals surface area contributed by atoms with Gasteiger partial charge in [-0.3, -0.25) is 0 Å². The fourth-order valence-corrected chi connectivity index (χ4v) is 0.419. The van der Waals surface area contributed by atoms with Gasteiger partial charge in [0.1, 0.15) is 10.8 Å². The summed E-state index contributed by atoms with van der Waals surface area (Å²) in [5, 5.41) is 6.78. The second-order valence-corrected chi connectivity index (χ2v) is 1.76. The highest BCUT2D eigenvalue weighted by Crippen LogP contribution is 1.67. The van der Waals surface area contributed by atoms with Gasteiger partial charge < -0.3 is 5.23 Å². The molecular formula is CH6BN3O2S. The predicted molar refractivity (Wildman–Crippen MR) is 33.2 cm³/mol. The molecule has 0 aliphatic rings. The van der Waals surface area contributed by atoms with Crippen molar-refractivity contribution in [3.63, 3.8) is 0 Å². The van der Waals surface area contributed by atoms with Crippen LogP contribution < -0.4 is 10.4 Å². The summed E-state index contributed by atoms with van der Waals surface area (Å²) in [6.45, 7) is 0. The van der Waals surface area contributed by atoms with Crippen LogP contribution in [0, 0.1) is 0 Å². The van der Waals surface area contributed by atoms with Crippen molar-refractivity contribution in [3.05, 3.63) is 0 Å². The number of nitrogens with one attached hydrogen (secondary N) is 1. The zero-order valence-electron chi connectivity index (χ0n) is 4.29. The van der Waals surface area contributed by atoms with E-state index in [1.807, 2.05) is 0 Å². The standard InChI is InChI=1S/CH6BN3O2S/c2-4-1(6)5-8(3)7/h8H,2H2,(H3,3,4,5,6,7). The first-order chi connectivity index (χ1) is 3.66. The van der Waals surface area contributed by atoms with Crippen LogP contribution in [0.25, 0.3) is 0 Å². The SMILES string of the molecule is BNC(=O)/N=[SH](/N)=O. The lowest BCUT2D eigenvalue weighted by atomic mass is 10.4. The molecule has 1 atom stereocenters. The average molecular weight is 135 g/mol. The van der Waals surface area contributed by atoms with Crippen LogP contribution in [-0.2, 0) is 10.8 Å². The zero-order valence-corrected chi connectivity index (χ0v) is 5.18. The maximum atomic E-state index is 10.1. The van der Waals surface area contributed by atoms with Gasteiger partial charge in [-0.1, -0.05) is 0 Å². The second-order valence-electron chi connectivity index (χ2n) is 0.958. The van der Waals surface area contributed by atoms with E-state index in [1.54, 1.807) is 0 Å². The Bertz CT molecular complexity index is 161. The number of urea groups is 1. The van der Waals surface area contributed by atoms with Gasteiger partial charge in [-0.25, -0.2) is 14.1 Å². The maximum Gasteiger partial charge on any atom is 0.337 e. The molecule has 5 nitrogen and oxygen atoms in total. The molecule has 0 spiro atoms. The first kappa shape index (κ1) is 7.44. The van der Waals surface area contributed by atoms with Crippen LogP contribution in [0.3, 0.4) is 0 Å². The number of hydrogen-bond acceptors (Lipinski definition) is 2. The summed E-state index contributed by atoms with van der Waals surface area (Å²) in [5.41, 5.74) is 0. The maximum absolute atomic E-state index is 10.1. The molecule has 1 unspecified atom stereocenters. The third-order valence-corrected chi connectivity index (χ3v) is 0.782. The lowest BCUT2D eigenvalue weighted by Gasteiger charge is -1.84. The molecule has 7 heteroatoms. The molecular weight excluding hydrogens is 129 g/mol. The van der Waals surface area contributed by atoms with Crippen molar-refractivity contribution in [1.82, 2.24) is 5.23 Å². The quantitative estimate of drug-likeness (QED) is 0.259. The van der Waals surface area contributed by atoms with Gasteiger partial charge in [-0.2, -0.15) is 0 Å². The van der Waals surface area contributed by atoms with Gasteiger partial charge in [-0.05, 0) is 0 Å². The summed E-state index contributed by atoms with van der Waals surface area (Å²) in [4.78, 5) is 10.1. The van der Waals surface area contributed by atoms with E-state index < -0.39 is 16.8 Å². The first-order valence-corrected chi connectivity index (χ1v) is 3.10. The molecule has 46 valence electrons. The van der Waals surface area contributed by atoms with Gasteiger partial charge >= 0.3 is 6.03 Å². The van der Waals surface area contributed by atoms with Crippen LogP contribution in [0.15, 0.2) is 4.36 Å². The number of amides is 2. The molecule has 0 heterocycles. The molecule has 3 N–H and O–H groups in total. The molecule has 0 aliphatic heterocycles. The Balaban J connectivity index is 3.90. The van der Waals surface area contributed by atoms with Gasteiger partial charge in [0, 0.05) is 0 Å². The van der Waals surface area contributed by atoms with Gasteiger partial charge in [0.05, 0.1) is 0 Å². The van der Waals surface area contributed by atoms with Crippen molar-refractivity contribution in [1.29, 1.82) is 0 Å². The fraction of sp³-hybridized carbons (Fsp3) is 0. The van der Waals surface area contributed by atoms with E-state index in [9.17, 15) is 9.00 Å². The number of thiol groups is 1. The summed E-state index contributed by atoms with van der Waals surface area (Å²) < 4.78 is 12.8. The molecule has 0 fully saturated rings. The average Bonchev–Trinajstić information content (AvgIpc) is 1.65. The number of nitrogens with zero attached hydrogens (tertiary/aromatic N) is 1. The monoisotopic (exact) mass is 135 g/mol. The Morgan fingerprint density at radius 1 is 1.88 bits per heavy atom. The summed E-state index contributed by atoms with van der Waals surface area (Å²) in [6.07, 6.45) is 0. The molecule has 0 aromatic heterocycles. The van der Waals surface area contributed by atoms with Gasteiger partial charge in [0.25, 0.3) is 0 Å². The largest absolute Gasteiger partial charge is 0.386 e. The van der Waals surface area contributed by atoms with Gasteiger partial charge in [-0.15, -0.1) is 4.36 Å². The second kappa shape index (κ2) is 3.45. The molecule has 0 saturated carbocycles. The molecule has 2 amide bonds. The third kappa shape index (κ3) is 3.63. The molecule has 0 aliphatic carbocycles. The Morgan fingerprint density at radius 3 is 2.50 bits per heavy atom. The number of nitrogens with two attached hydrogens (primary N) is 1. The van der Waals surface area contributed by atoms with Crippen molar-refractivity contribution in [2.45, 2.75) is 0 Å². The van der Waals surface area contributed by atoms with E-state index in [4.69, 9.17) is 0 Å². The van der Waals surface area contributed by atoms with E-state index in [0.717, 1.165) is 0 Å². The smallest absolute Gasteiger partial charge is 0.337 e. The van der Waals surface area contributed by atoms with Crippen molar-refractivity contribution in [2.24, 2.45) is 9.50 Å². The third-order valence-electron chi connectivity index (χ3n) is 0.403. The number of hydrogen-bond donors (Lipinski definition) is 3. The van der Waals surface area contributed by atoms with Crippen LogP contribution in [0.1, 0.15) is 0 Å². The molecule has 0 rings (SSSR count). The van der Waals surface area contributed by atoms with E-state index in [1.165, 1.54) is 7.98 Å². The van der Waals surface area contributed by atoms with Gasteiger partial charge in [0.15, 0.2) is 0 Å². The normalized spacial score (nSPS) is 13.1. The Hall–Kier alpha value is -0.555. The van der Waals surface area contributed by atoms with Crippen LogP contribution in [-0.4, -0.2) is 18.2 Å². The van der Waals surface area contributed by atoms with E-state index >= 15 is 0 Å². The minimum Gasteiger partial charge on any atom is -0.386 e. The number of carbonyl (C=O) groups is 1. The van der Waals surface area contributed by atoms with Crippen molar-refractivity contribution < 1.29 is 9.00 Å². The summed E-state index contributed by atoms with van der Waals surface area (Å²) >= 11 is 0. The zero-order chi connectivity index (χ0) is 6.57. The van der Waals surface area contributed by atoms with Crippen LogP contribution in [0.4, 0.5) is 4.79 Å². The number of carbonyl (C=O) groups excluding carboxylic acids is 1. The van der Waals surface area contributed by atoms with Crippen molar-refractivity contribution >= 4 is 24.8 Å². The Kier molecular flexibility index (Phi) is 3.21. The molecule has 0 bridgehead atoms. The molecule has 0 saturated heterocycles. The molecule has 8 heavy (non-hydrogen) atoms. The van der Waals surface area contributed by atoms with E-state index in [2.05, 4.69) is 14.7 Å². The molecule has 0 aromatic rings. The summed E-state index contributed by atoms with van der Waals surface area (Å²) in [5.74, 6) is 0. The highest BCUT2D eigenvalue weighted by Gasteiger charge is 1.86. The number of rotatable bonds is 0. The minimum absolute atomic E-state index is 0.659. The Labute approximate surface area is 49.4 Å². The molecule has 0 radical (unpaired) electrons. The first-order valence-electron chi connectivity index (χ1n) is 1.82. The van der Waals surface area contributed by atoms with Crippen LogP contribution in [0.2, 0.25) is 0 Å². The van der Waals surface area contributed by atoms with Crippen molar-refractivity contribution in [3.8, 4) is 0 Å². The van der Waals surface area contributed by atoms with Crippen LogP contribution in [0.5, 0.6) is 0 Å². The lowest BCUT2D eigenvalue weighted by molar-refractivity contribution is 0.254. The van der Waals surface area contributed by atoms with Crippen LogP contribution >= 0.6 is 0 Å². The van der Waals surface area contributed by atoms with Crippen molar-refractivity contribution in [2.75, 3.05) is 0 Å².